The minimum atomic E-state index is -0.688. The van der Waals surface area contributed by atoms with E-state index in [1.165, 1.54) is 6.07 Å². The molecule has 2 aromatic rings. The minimum absolute atomic E-state index is 0.0344. The van der Waals surface area contributed by atoms with Crippen molar-refractivity contribution in [2.45, 2.75) is 0 Å². The second-order valence-electron chi connectivity index (χ2n) is 4.61. The standard InChI is InChI=1S/C15H13Cl2FN2O/c1-20(2)14-6-4-3-5-13(14)19-15(21)9-7-12(18)11(17)8-10(9)16/h3-8H,1-2H3,(H,19,21). The molecule has 2 aromatic carbocycles. The molecule has 0 bridgehead atoms. The number of halogens is 3. The summed E-state index contributed by atoms with van der Waals surface area (Å²) in [5.74, 6) is -1.18. The van der Waals surface area contributed by atoms with Crippen LogP contribution in [0.3, 0.4) is 0 Å². The molecular formula is C15H13Cl2FN2O. The van der Waals surface area contributed by atoms with Crippen molar-refractivity contribution >= 4 is 40.5 Å². The summed E-state index contributed by atoms with van der Waals surface area (Å²) in [7, 11) is 3.72. The number of carbonyl (C=O) groups excluding carboxylic acids is 1. The first kappa shape index (κ1) is 15.6. The summed E-state index contributed by atoms with van der Waals surface area (Å²) >= 11 is 11.6. The number of amides is 1. The topological polar surface area (TPSA) is 32.3 Å². The van der Waals surface area contributed by atoms with Crippen LogP contribution < -0.4 is 10.2 Å². The van der Waals surface area contributed by atoms with E-state index in [-0.39, 0.29) is 15.6 Å². The van der Waals surface area contributed by atoms with Crippen LogP contribution in [-0.2, 0) is 0 Å². The zero-order valence-corrected chi connectivity index (χ0v) is 13.0. The van der Waals surface area contributed by atoms with Gasteiger partial charge in [0.2, 0.25) is 0 Å². The van der Waals surface area contributed by atoms with Gasteiger partial charge < -0.3 is 10.2 Å². The van der Waals surface area contributed by atoms with Crippen LogP contribution in [0.5, 0.6) is 0 Å². The molecule has 0 aliphatic carbocycles. The molecule has 6 heteroatoms. The van der Waals surface area contributed by atoms with E-state index in [0.717, 1.165) is 11.8 Å². The summed E-state index contributed by atoms with van der Waals surface area (Å²) in [5, 5.41) is 2.70. The van der Waals surface area contributed by atoms with Crippen LogP contribution in [0.1, 0.15) is 10.4 Å². The lowest BCUT2D eigenvalue weighted by Gasteiger charge is -2.18. The highest BCUT2D eigenvalue weighted by atomic mass is 35.5. The fourth-order valence-corrected chi connectivity index (χ4v) is 2.32. The number of hydrogen-bond acceptors (Lipinski definition) is 2. The van der Waals surface area contributed by atoms with E-state index in [9.17, 15) is 9.18 Å². The van der Waals surface area contributed by atoms with Crippen molar-refractivity contribution in [3.05, 3.63) is 57.8 Å². The number of para-hydroxylation sites is 2. The Morgan fingerprint density at radius 2 is 1.81 bits per heavy atom. The zero-order valence-electron chi connectivity index (χ0n) is 11.5. The molecule has 3 nitrogen and oxygen atoms in total. The van der Waals surface area contributed by atoms with Crippen molar-refractivity contribution in [3.63, 3.8) is 0 Å². The van der Waals surface area contributed by atoms with Crippen LogP contribution in [0.15, 0.2) is 36.4 Å². The molecule has 21 heavy (non-hydrogen) atoms. The lowest BCUT2D eigenvalue weighted by atomic mass is 10.2. The van der Waals surface area contributed by atoms with Crippen LogP contribution in [0.2, 0.25) is 10.0 Å². The van der Waals surface area contributed by atoms with Crippen molar-refractivity contribution in [2.24, 2.45) is 0 Å². The third-order valence-electron chi connectivity index (χ3n) is 2.89. The Kier molecular flexibility index (Phi) is 4.70. The average Bonchev–Trinajstić information content (AvgIpc) is 2.43. The van der Waals surface area contributed by atoms with E-state index in [4.69, 9.17) is 23.2 Å². The number of carbonyl (C=O) groups is 1. The molecule has 0 spiro atoms. The molecule has 0 unspecified atom stereocenters. The van der Waals surface area contributed by atoms with Gasteiger partial charge in [-0.15, -0.1) is 0 Å². The summed E-state index contributed by atoms with van der Waals surface area (Å²) in [5.41, 5.74) is 1.47. The van der Waals surface area contributed by atoms with Crippen molar-refractivity contribution in [1.82, 2.24) is 0 Å². The predicted molar refractivity (Wildman–Crippen MR) is 85.1 cm³/mol. The Morgan fingerprint density at radius 3 is 2.48 bits per heavy atom. The Balaban J connectivity index is 2.33. The second kappa shape index (κ2) is 6.33. The van der Waals surface area contributed by atoms with Crippen molar-refractivity contribution < 1.29 is 9.18 Å². The molecule has 2 rings (SSSR count). The van der Waals surface area contributed by atoms with Crippen LogP contribution in [0.4, 0.5) is 15.8 Å². The quantitative estimate of drug-likeness (QED) is 0.845. The Morgan fingerprint density at radius 1 is 1.14 bits per heavy atom. The summed E-state index contributed by atoms with van der Waals surface area (Å²) < 4.78 is 13.5. The molecule has 0 fully saturated rings. The fraction of sp³-hybridized carbons (Fsp3) is 0.133. The van der Waals surface area contributed by atoms with Crippen molar-refractivity contribution in [1.29, 1.82) is 0 Å². The molecule has 0 atom stereocenters. The molecule has 0 saturated heterocycles. The summed E-state index contributed by atoms with van der Waals surface area (Å²) in [6.07, 6.45) is 0. The molecule has 0 saturated carbocycles. The first-order valence-corrected chi connectivity index (χ1v) is 6.88. The van der Waals surface area contributed by atoms with E-state index < -0.39 is 11.7 Å². The Labute approximate surface area is 132 Å². The van der Waals surface area contributed by atoms with Gasteiger partial charge in [-0.3, -0.25) is 4.79 Å². The SMILES string of the molecule is CN(C)c1ccccc1NC(=O)c1cc(F)c(Cl)cc1Cl. The molecule has 1 amide bonds. The van der Waals surface area contributed by atoms with Gasteiger partial charge in [-0.1, -0.05) is 35.3 Å². The Hall–Kier alpha value is -1.78. The number of anilines is 2. The van der Waals surface area contributed by atoms with Gasteiger partial charge in [-0.05, 0) is 24.3 Å². The number of nitrogens with one attached hydrogen (secondary N) is 1. The zero-order chi connectivity index (χ0) is 15.6. The van der Waals surface area contributed by atoms with Gasteiger partial charge >= 0.3 is 0 Å². The summed E-state index contributed by atoms with van der Waals surface area (Å²) in [6, 6.07) is 9.52. The number of benzene rings is 2. The molecule has 1 N–H and O–H groups in total. The predicted octanol–water partition coefficient (Wildman–Crippen LogP) is 4.45. The molecular weight excluding hydrogens is 314 g/mol. The first-order valence-electron chi connectivity index (χ1n) is 6.12. The van der Waals surface area contributed by atoms with Gasteiger partial charge in [0.05, 0.1) is 27.0 Å². The van der Waals surface area contributed by atoms with Crippen LogP contribution in [-0.4, -0.2) is 20.0 Å². The highest BCUT2D eigenvalue weighted by Gasteiger charge is 2.16. The lowest BCUT2D eigenvalue weighted by molar-refractivity contribution is 0.102. The first-order chi connectivity index (χ1) is 9.90. The van der Waals surface area contributed by atoms with Crippen molar-refractivity contribution in [2.75, 3.05) is 24.3 Å². The van der Waals surface area contributed by atoms with Gasteiger partial charge in [-0.25, -0.2) is 4.39 Å². The third-order valence-corrected chi connectivity index (χ3v) is 3.49. The van der Waals surface area contributed by atoms with Crippen LogP contribution >= 0.6 is 23.2 Å². The average molecular weight is 327 g/mol. The second-order valence-corrected chi connectivity index (χ2v) is 5.43. The van der Waals surface area contributed by atoms with Gasteiger partial charge in [0.1, 0.15) is 5.82 Å². The maximum atomic E-state index is 13.5. The number of nitrogens with zero attached hydrogens (tertiary/aromatic N) is 1. The van der Waals surface area contributed by atoms with Gasteiger partial charge in [0.15, 0.2) is 0 Å². The van der Waals surface area contributed by atoms with Gasteiger partial charge in [0.25, 0.3) is 5.91 Å². The minimum Gasteiger partial charge on any atom is -0.376 e. The molecule has 0 radical (unpaired) electrons. The highest BCUT2D eigenvalue weighted by molar-refractivity contribution is 6.37. The van der Waals surface area contributed by atoms with Crippen LogP contribution in [0.25, 0.3) is 0 Å². The van der Waals surface area contributed by atoms with Gasteiger partial charge in [-0.2, -0.15) is 0 Å². The van der Waals surface area contributed by atoms with Crippen LogP contribution in [0, 0.1) is 5.82 Å². The van der Waals surface area contributed by atoms with E-state index in [2.05, 4.69) is 5.32 Å². The number of rotatable bonds is 3. The Bertz CT molecular complexity index is 689. The van der Waals surface area contributed by atoms with E-state index in [0.29, 0.717) is 5.69 Å². The third kappa shape index (κ3) is 3.46. The summed E-state index contributed by atoms with van der Waals surface area (Å²) in [4.78, 5) is 14.1. The summed E-state index contributed by atoms with van der Waals surface area (Å²) in [6.45, 7) is 0. The molecule has 0 aliphatic heterocycles. The maximum Gasteiger partial charge on any atom is 0.257 e. The molecule has 0 aromatic heterocycles. The molecule has 0 aliphatic rings. The number of hydrogen-bond donors (Lipinski definition) is 1. The largest absolute Gasteiger partial charge is 0.376 e. The lowest BCUT2D eigenvalue weighted by Crippen LogP contribution is -2.17. The van der Waals surface area contributed by atoms with Gasteiger partial charge in [0, 0.05) is 14.1 Å². The smallest absolute Gasteiger partial charge is 0.257 e. The van der Waals surface area contributed by atoms with E-state index in [1.54, 1.807) is 12.1 Å². The molecule has 110 valence electrons. The van der Waals surface area contributed by atoms with E-state index in [1.807, 2.05) is 31.1 Å². The highest BCUT2D eigenvalue weighted by Crippen LogP contribution is 2.27. The normalized spacial score (nSPS) is 10.3. The fourth-order valence-electron chi connectivity index (χ4n) is 1.86. The maximum absolute atomic E-state index is 13.5. The molecule has 0 heterocycles. The van der Waals surface area contributed by atoms with Crippen molar-refractivity contribution in [3.8, 4) is 0 Å². The monoisotopic (exact) mass is 326 g/mol. The van der Waals surface area contributed by atoms with E-state index >= 15 is 0 Å².